The topological polar surface area (TPSA) is 75.3 Å². The second-order valence-corrected chi connectivity index (χ2v) is 3.59. The first-order chi connectivity index (χ1) is 7.09. The summed E-state index contributed by atoms with van der Waals surface area (Å²) in [7, 11) is 0. The van der Waals surface area contributed by atoms with Crippen LogP contribution in [0.2, 0.25) is 0 Å². The van der Waals surface area contributed by atoms with Crippen molar-refractivity contribution in [1.29, 1.82) is 0 Å². The smallest absolute Gasteiger partial charge is 0.404 e. The quantitative estimate of drug-likeness (QED) is 0.663. The van der Waals surface area contributed by atoms with Gasteiger partial charge in [0.25, 0.3) is 0 Å². The van der Waals surface area contributed by atoms with Gasteiger partial charge in [-0.2, -0.15) is 0 Å². The molecule has 4 nitrogen and oxygen atoms in total. The molecule has 0 bridgehead atoms. The molecule has 0 aliphatic rings. The van der Waals surface area contributed by atoms with Crippen LogP contribution in [0.25, 0.3) is 0 Å². The van der Waals surface area contributed by atoms with Crippen molar-refractivity contribution in [2.45, 2.75) is 19.3 Å². The molecule has 0 saturated heterocycles. The lowest BCUT2D eigenvalue weighted by atomic mass is 9.98. The summed E-state index contributed by atoms with van der Waals surface area (Å²) in [5.74, 6) is 0.331. The van der Waals surface area contributed by atoms with E-state index in [-0.39, 0.29) is 0 Å². The van der Waals surface area contributed by atoms with E-state index in [0.717, 1.165) is 12.1 Å². The predicted octanol–water partition coefficient (Wildman–Crippen LogP) is 2.03. The zero-order valence-corrected chi connectivity index (χ0v) is 8.73. The summed E-state index contributed by atoms with van der Waals surface area (Å²) in [5.41, 5.74) is 7.50. The standard InChI is InChI=1S/C11H16N2O2/c1-8(6-7-13-11(14)15)9-2-4-10(12)5-3-9/h2-5,8,13H,6-7,12H2,1H3,(H,14,15). The lowest BCUT2D eigenvalue weighted by Gasteiger charge is -2.11. The van der Waals surface area contributed by atoms with E-state index in [2.05, 4.69) is 12.2 Å². The van der Waals surface area contributed by atoms with Gasteiger partial charge in [-0.05, 0) is 30.0 Å². The highest BCUT2D eigenvalue weighted by Crippen LogP contribution is 2.19. The van der Waals surface area contributed by atoms with E-state index in [4.69, 9.17) is 10.8 Å². The van der Waals surface area contributed by atoms with E-state index >= 15 is 0 Å². The Kier molecular flexibility index (Phi) is 3.97. The average Bonchev–Trinajstić information content (AvgIpc) is 2.18. The third kappa shape index (κ3) is 3.89. The Morgan fingerprint density at radius 1 is 1.47 bits per heavy atom. The Hall–Kier alpha value is -1.71. The monoisotopic (exact) mass is 208 g/mol. The maximum absolute atomic E-state index is 10.2. The van der Waals surface area contributed by atoms with Crippen LogP contribution in [0.3, 0.4) is 0 Å². The first kappa shape index (κ1) is 11.4. The first-order valence-corrected chi connectivity index (χ1v) is 4.92. The van der Waals surface area contributed by atoms with Crippen molar-refractivity contribution in [3.05, 3.63) is 29.8 Å². The fourth-order valence-electron chi connectivity index (χ4n) is 1.39. The van der Waals surface area contributed by atoms with Crippen LogP contribution in [0.5, 0.6) is 0 Å². The number of hydrogen-bond acceptors (Lipinski definition) is 2. The summed E-state index contributed by atoms with van der Waals surface area (Å²) in [6.45, 7) is 2.54. The van der Waals surface area contributed by atoms with Gasteiger partial charge in [0.15, 0.2) is 0 Å². The van der Waals surface area contributed by atoms with Crippen molar-refractivity contribution in [2.75, 3.05) is 12.3 Å². The molecule has 1 aromatic carbocycles. The number of amides is 1. The molecular formula is C11H16N2O2. The summed E-state index contributed by atoms with van der Waals surface area (Å²) in [5, 5.41) is 10.8. The van der Waals surface area contributed by atoms with Gasteiger partial charge in [0.2, 0.25) is 0 Å². The molecular weight excluding hydrogens is 192 g/mol. The van der Waals surface area contributed by atoms with Crippen molar-refractivity contribution in [3.8, 4) is 0 Å². The fraction of sp³-hybridized carbons (Fsp3) is 0.364. The molecule has 1 unspecified atom stereocenters. The van der Waals surface area contributed by atoms with Gasteiger partial charge in [-0.25, -0.2) is 4.79 Å². The van der Waals surface area contributed by atoms with Crippen LogP contribution in [-0.4, -0.2) is 17.7 Å². The van der Waals surface area contributed by atoms with E-state index in [1.807, 2.05) is 24.3 Å². The van der Waals surface area contributed by atoms with Crippen LogP contribution < -0.4 is 11.1 Å². The number of rotatable bonds is 4. The first-order valence-electron chi connectivity index (χ1n) is 4.92. The van der Waals surface area contributed by atoms with Crippen LogP contribution in [0.4, 0.5) is 10.5 Å². The van der Waals surface area contributed by atoms with Crippen molar-refractivity contribution >= 4 is 11.8 Å². The Balaban J connectivity index is 2.43. The number of nitrogen functional groups attached to an aromatic ring is 1. The van der Waals surface area contributed by atoms with E-state index in [1.54, 1.807) is 0 Å². The van der Waals surface area contributed by atoms with Gasteiger partial charge in [-0.3, -0.25) is 0 Å². The number of benzene rings is 1. The zero-order chi connectivity index (χ0) is 11.3. The van der Waals surface area contributed by atoms with Gasteiger partial charge in [0.1, 0.15) is 0 Å². The fourth-order valence-corrected chi connectivity index (χ4v) is 1.39. The molecule has 0 radical (unpaired) electrons. The van der Waals surface area contributed by atoms with Crippen molar-refractivity contribution in [1.82, 2.24) is 5.32 Å². The molecule has 1 aromatic rings. The number of nitrogens with one attached hydrogen (secondary N) is 1. The SMILES string of the molecule is CC(CCNC(=O)O)c1ccc(N)cc1. The van der Waals surface area contributed by atoms with Gasteiger partial charge in [0.05, 0.1) is 0 Å². The van der Waals surface area contributed by atoms with Gasteiger partial charge >= 0.3 is 6.09 Å². The average molecular weight is 208 g/mol. The van der Waals surface area contributed by atoms with Crippen molar-refractivity contribution in [3.63, 3.8) is 0 Å². The zero-order valence-electron chi connectivity index (χ0n) is 8.73. The van der Waals surface area contributed by atoms with Crippen molar-refractivity contribution in [2.24, 2.45) is 0 Å². The molecule has 0 fully saturated rings. The Morgan fingerprint density at radius 3 is 2.60 bits per heavy atom. The number of anilines is 1. The molecule has 0 saturated carbocycles. The van der Waals surface area contributed by atoms with Gasteiger partial charge in [0, 0.05) is 12.2 Å². The van der Waals surface area contributed by atoms with E-state index in [9.17, 15) is 4.79 Å². The summed E-state index contributed by atoms with van der Waals surface area (Å²) in [6.07, 6.45) is -0.185. The summed E-state index contributed by atoms with van der Waals surface area (Å²) >= 11 is 0. The molecule has 82 valence electrons. The van der Waals surface area contributed by atoms with E-state index < -0.39 is 6.09 Å². The molecule has 15 heavy (non-hydrogen) atoms. The highest BCUT2D eigenvalue weighted by Gasteiger charge is 2.05. The van der Waals surface area contributed by atoms with E-state index in [1.165, 1.54) is 5.56 Å². The highest BCUT2D eigenvalue weighted by molar-refractivity contribution is 5.64. The molecule has 1 amide bonds. The molecule has 1 rings (SSSR count). The Morgan fingerprint density at radius 2 is 2.07 bits per heavy atom. The molecule has 4 N–H and O–H groups in total. The van der Waals surface area contributed by atoms with Gasteiger partial charge in [-0.1, -0.05) is 19.1 Å². The normalized spacial score (nSPS) is 12.1. The lowest BCUT2D eigenvalue weighted by Crippen LogP contribution is -2.22. The maximum Gasteiger partial charge on any atom is 0.404 e. The van der Waals surface area contributed by atoms with Crippen LogP contribution in [0.1, 0.15) is 24.8 Å². The number of nitrogens with two attached hydrogens (primary N) is 1. The largest absolute Gasteiger partial charge is 0.465 e. The van der Waals surface area contributed by atoms with Gasteiger partial charge in [-0.15, -0.1) is 0 Å². The minimum Gasteiger partial charge on any atom is -0.465 e. The minimum atomic E-state index is -0.973. The molecule has 0 aromatic heterocycles. The van der Waals surface area contributed by atoms with Gasteiger partial charge < -0.3 is 16.2 Å². The molecule has 1 atom stereocenters. The van der Waals surface area contributed by atoms with Crippen molar-refractivity contribution < 1.29 is 9.90 Å². The molecule has 0 heterocycles. The van der Waals surface area contributed by atoms with E-state index in [0.29, 0.717) is 12.5 Å². The molecule has 0 aliphatic carbocycles. The molecule has 0 spiro atoms. The van der Waals surface area contributed by atoms with Crippen LogP contribution in [-0.2, 0) is 0 Å². The predicted molar refractivity (Wildman–Crippen MR) is 59.9 cm³/mol. The summed E-state index contributed by atoms with van der Waals surface area (Å²) in [4.78, 5) is 10.2. The van der Waals surface area contributed by atoms with Crippen LogP contribution in [0.15, 0.2) is 24.3 Å². The maximum atomic E-state index is 10.2. The third-order valence-corrected chi connectivity index (χ3v) is 2.36. The summed E-state index contributed by atoms with van der Waals surface area (Å²) in [6, 6.07) is 7.66. The van der Waals surface area contributed by atoms with Crippen LogP contribution in [0, 0.1) is 0 Å². The number of hydrogen-bond donors (Lipinski definition) is 3. The molecule has 0 aliphatic heterocycles. The second kappa shape index (κ2) is 5.24. The Bertz CT molecular complexity index is 322. The third-order valence-electron chi connectivity index (χ3n) is 2.36. The minimum absolute atomic E-state index is 0.331. The molecule has 4 heteroatoms. The number of carboxylic acid groups (broad SMARTS) is 1. The second-order valence-electron chi connectivity index (χ2n) is 3.59. The number of carbonyl (C=O) groups is 1. The summed E-state index contributed by atoms with van der Waals surface area (Å²) < 4.78 is 0. The Labute approximate surface area is 89.1 Å². The highest BCUT2D eigenvalue weighted by atomic mass is 16.4. The van der Waals surface area contributed by atoms with Crippen LogP contribution >= 0.6 is 0 Å². The lowest BCUT2D eigenvalue weighted by molar-refractivity contribution is 0.194.